The van der Waals surface area contributed by atoms with Crippen LogP contribution in [0, 0.1) is 0 Å². The molecule has 0 aliphatic carbocycles. The van der Waals surface area contributed by atoms with E-state index in [9.17, 15) is 13.9 Å². The third kappa shape index (κ3) is 4.61. The molecule has 2 aromatic heterocycles. The number of para-hydroxylation sites is 2. The van der Waals surface area contributed by atoms with Gasteiger partial charge >= 0.3 is 0 Å². The third-order valence-corrected chi connectivity index (χ3v) is 5.16. The summed E-state index contributed by atoms with van der Waals surface area (Å²) in [5.41, 5.74) is 0.914. The smallest absolute Gasteiger partial charge is 0.296 e. The fourth-order valence-corrected chi connectivity index (χ4v) is 3.57. The van der Waals surface area contributed by atoms with E-state index >= 15 is 0 Å². The number of alkyl halides is 2. The number of nitrogens with one attached hydrogen (secondary N) is 1. The molecule has 1 saturated heterocycles. The molecule has 0 amide bonds. The van der Waals surface area contributed by atoms with Crippen LogP contribution in [-0.4, -0.2) is 89.2 Å². The zero-order valence-corrected chi connectivity index (χ0v) is 17.8. The zero-order valence-electron chi connectivity index (χ0n) is 17.8. The quantitative estimate of drug-likeness (QED) is 0.496. The van der Waals surface area contributed by atoms with Crippen LogP contribution in [0.2, 0.25) is 0 Å². The molecular weight excluding hydrogens is 422 g/mol. The molecule has 0 spiro atoms. The van der Waals surface area contributed by atoms with Crippen molar-refractivity contribution < 1.29 is 18.6 Å². The van der Waals surface area contributed by atoms with Crippen LogP contribution in [0.4, 0.5) is 20.7 Å². The number of hydrogen-bond donors (Lipinski definition) is 2. The van der Waals surface area contributed by atoms with E-state index in [0.29, 0.717) is 68.9 Å². The minimum atomic E-state index is -2.81. The molecule has 0 bridgehead atoms. The Morgan fingerprint density at radius 3 is 2.56 bits per heavy atom. The molecule has 0 radical (unpaired) electrons. The van der Waals surface area contributed by atoms with E-state index in [4.69, 9.17) is 4.74 Å². The Bertz CT molecular complexity index is 1040. The molecule has 1 aliphatic rings. The van der Waals surface area contributed by atoms with E-state index in [-0.39, 0.29) is 12.6 Å². The lowest BCUT2D eigenvalue weighted by atomic mass is 10.3. The van der Waals surface area contributed by atoms with Crippen LogP contribution >= 0.6 is 0 Å². The third-order valence-electron chi connectivity index (χ3n) is 5.16. The zero-order chi connectivity index (χ0) is 22.5. The van der Waals surface area contributed by atoms with Crippen LogP contribution < -0.4 is 15.1 Å². The second-order valence-electron chi connectivity index (χ2n) is 7.24. The molecule has 0 saturated carbocycles. The van der Waals surface area contributed by atoms with Crippen LogP contribution in [0.5, 0.6) is 0 Å². The Labute approximate surface area is 183 Å². The molecule has 172 valence electrons. The Morgan fingerprint density at radius 1 is 1.09 bits per heavy atom. The summed E-state index contributed by atoms with van der Waals surface area (Å²) in [4.78, 5) is 21.5. The van der Waals surface area contributed by atoms with Gasteiger partial charge in [0.2, 0.25) is 17.8 Å². The number of ether oxygens (including phenoxy) is 1. The Morgan fingerprint density at radius 2 is 1.84 bits per heavy atom. The molecule has 1 aromatic carbocycles. The van der Waals surface area contributed by atoms with E-state index in [1.54, 1.807) is 29.2 Å². The number of aliphatic hydroxyl groups is 1. The first-order valence-electron chi connectivity index (χ1n) is 10.5. The number of likely N-dealkylation sites (N-methyl/N-ethyl adjacent to an activating group) is 1. The first-order valence-corrected chi connectivity index (χ1v) is 10.5. The molecule has 0 atom stereocenters. The molecule has 1 fully saturated rings. The van der Waals surface area contributed by atoms with Gasteiger partial charge in [-0.1, -0.05) is 12.1 Å². The van der Waals surface area contributed by atoms with Gasteiger partial charge in [-0.15, -0.1) is 0 Å². The van der Waals surface area contributed by atoms with E-state index in [1.165, 1.54) is 4.57 Å². The number of aliphatic hydroxyl groups excluding tert-OH is 1. The van der Waals surface area contributed by atoms with Gasteiger partial charge < -0.3 is 25.0 Å². The number of aromatic nitrogens is 5. The number of anilines is 2. The van der Waals surface area contributed by atoms with Gasteiger partial charge in [-0.25, -0.2) is 13.8 Å². The predicted octanol–water partition coefficient (Wildman–Crippen LogP) is 1.00. The van der Waals surface area contributed by atoms with Crippen LogP contribution in [0.25, 0.3) is 17.0 Å². The van der Waals surface area contributed by atoms with Crippen molar-refractivity contribution in [1.82, 2.24) is 29.8 Å². The van der Waals surface area contributed by atoms with Gasteiger partial charge in [-0.05, 0) is 19.2 Å². The fourth-order valence-electron chi connectivity index (χ4n) is 3.57. The summed E-state index contributed by atoms with van der Waals surface area (Å²) < 4.78 is 34.5. The number of morpholine rings is 1. The lowest BCUT2D eigenvalue weighted by Crippen LogP contribution is -2.39. The van der Waals surface area contributed by atoms with Gasteiger partial charge in [-0.2, -0.15) is 15.0 Å². The molecule has 12 heteroatoms. The average molecular weight is 448 g/mol. The maximum absolute atomic E-state index is 13.9. The second-order valence-corrected chi connectivity index (χ2v) is 7.24. The number of hydrogen-bond acceptors (Lipinski definition) is 9. The average Bonchev–Trinajstić information content (AvgIpc) is 3.22. The summed E-state index contributed by atoms with van der Waals surface area (Å²) >= 11 is 0. The van der Waals surface area contributed by atoms with Crippen molar-refractivity contribution in [1.29, 1.82) is 0 Å². The number of rotatable bonds is 9. The molecule has 32 heavy (non-hydrogen) atoms. The van der Waals surface area contributed by atoms with Gasteiger partial charge in [0, 0.05) is 32.7 Å². The van der Waals surface area contributed by atoms with Crippen molar-refractivity contribution in [2.45, 2.75) is 6.43 Å². The van der Waals surface area contributed by atoms with Gasteiger partial charge in [0.25, 0.3) is 6.43 Å². The SMILES string of the molecule is CNCCN(CCO)c1nc(N2CCOCC2)nc(-n2c(C(F)F)nc3ccccc32)n1. The Kier molecular flexibility index (Phi) is 7.02. The molecule has 10 nitrogen and oxygen atoms in total. The van der Waals surface area contributed by atoms with Crippen molar-refractivity contribution >= 4 is 22.9 Å². The van der Waals surface area contributed by atoms with Crippen LogP contribution in [0.15, 0.2) is 24.3 Å². The van der Waals surface area contributed by atoms with Crippen molar-refractivity contribution in [2.75, 3.05) is 69.4 Å². The van der Waals surface area contributed by atoms with Crippen molar-refractivity contribution in [3.63, 3.8) is 0 Å². The molecule has 1 aliphatic heterocycles. The number of halogens is 2. The van der Waals surface area contributed by atoms with E-state index in [0.717, 1.165) is 0 Å². The molecular formula is C20H26F2N8O2. The van der Waals surface area contributed by atoms with Crippen molar-refractivity contribution in [3.8, 4) is 5.95 Å². The van der Waals surface area contributed by atoms with E-state index in [1.807, 2.05) is 11.9 Å². The van der Waals surface area contributed by atoms with Crippen LogP contribution in [0.3, 0.4) is 0 Å². The lowest BCUT2D eigenvalue weighted by Gasteiger charge is -2.28. The predicted molar refractivity (Wildman–Crippen MR) is 116 cm³/mol. The largest absolute Gasteiger partial charge is 0.395 e. The van der Waals surface area contributed by atoms with Gasteiger partial charge in [-0.3, -0.25) is 4.57 Å². The topological polar surface area (TPSA) is 104 Å². The highest BCUT2D eigenvalue weighted by Gasteiger charge is 2.25. The Hall–Kier alpha value is -2.96. The number of benzene rings is 1. The van der Waals surface area contributed by atoms with E-state index in [2.05, 4.69) is 25.3 Å². The monoisotopic (exact) mass is 448 g/mol. The summed E-state index contributed by atoms with van der Waals surface area (Å²) in [6.07, 6.45) is -2.81. The summed E-state index contributed by atoms with van der Waals surface area (Å²) in [6, 6.07) is 6.88. The number of nitrogens with zero attached hydrogens (tertiary/aromatic N) is 7. The standard InChI is InChI=1S/C20H26F2N8O2/c1-23-6-7-28(8-11-31)18-25-19(29-9-12-32-13-10-29)27-20(26-18)30-15-5-3-2-4-14(15)24-17(30)16(21)22/h2-5,16,23,31H,6-13H2,1H3. The number of fused-ring (bicyclic) bond motifs is 1. The molecule has 0 unspecified atom stereocenters. The summed E-state index contributed by atoms with van der Waals surface area (Å²) in [6.45, 7) is 3.53. The summed E-state index contributed by atoms with van der Waals surface area (Å²) in [5, 5.41) is 12.6. The van der Waals surface area contributed by atoms with Crippen LogP contribution in [0.1, 0.15) is 12.2 Å². The Balaban J connectivity index is 1.88. The highest BCUT2D eigenvalue weighted by atomic mass is 19.3. The highest BCUT2D eigenvalue weighted by molar-refractivity contribution is 5.77. The van der Waals surface area contributed by atoms with E-state index < -0.39 is 12.2 Å². The highest BCUT2D eigenvalue weighted by Crippen LogP contribution is 2.28. The van der Waals surface area contributed by atoms with Gasteiger partial charge in [0.15, 0.2) is 5.82 Å². The van der Waals surface area contributed by atoms with Crippen molar-refractivity contribution in [3.05, 3.63) is 30.1 Å². The summed E-state index contributed by atoms with van der Waals surface area (Å²) in [5.74, 6) is 0.311. The van der Waals surface area contributed by atoms with Crippen LogP contribution in [-0.2, 0) is 4.74 Å². The molecule has 4 rings (SSSR count). The minimum Gasteiger partial charge on any atom is -0.395 e. The maximum Gasteiger partial charge on any atom is 0.296 e. The first-order chi connectivity index (χ1) is 15.6. The minimum absolute atomic E-state index is 0.0629. The van der Waals surface area contributed by atoms with Gasteiger partial charge in [0.05, 0.1) is 30.9 Å². The number of imidazole rings is 1. The summed E-state index contributed by atoms with van der Waals surface area (Å²) in [7, 11) is 1.82. The normalized spacial score (nSPS) is 14.5. The molecule has 2 N–H and O–H groups in total. The maximum atomic E-state index is 13.9. The van der Waals surface area contributed by atoms with Gasteiger partial charge in [0.1, 0.15) is 0 Å². The fraction of sp³-hybridized carbons (Fsp3) is 0.500. The lowest BCUT2D eigenvalue weighted by molar-refractivity contribution is 0.122. The second kappa shape index (κ2) is 10.1. The van der Waals surface area contributed by atoms with Crippen molar-refractivity contribution in [2.24, 2.45) is 0 Å². The first kappa shape index (κ1) is 22.2. The molecule has 3 aromatic rings. The molecule has 3 heterocycles.